The Morgan fingerprint density at radius 2 is 2.00 bits per heavy atom. The molecule has 148 valence electrons. The summed E-state index contributed by atoms with van der Waals surface area (Å²) in [6.45, 7) is 4.08. The molecule has 1 saturated carbocycles. The van der Waals surface area contributed by atoms with Gasteiger partial charge in [0.25, 0.3) is 0 Å². The lowest BCUT2D eigenvalue weighted by Crippen LogP contribution is -2.24. The van der Waals surface area contributed by atoms with E-state index in [1.54, 1.807) is 0 Å². The molecule has 2 aromatic rings. The molecule has 0 bridgehead atoms. The molecule has 8 nitrogen and oxygen atoms in total. The van der Waals surface area contributed by atoms with Gasteiger partial charge in [0.1, 0.15) is 5.82 Å². The summed E-state index contributed by atoms with van der Waals surface area (Å²) in [4.78, 5) is 35.4. The van der Waals surface area contributed by atoms with E-state index >= 15 is 0 Å². The van der Waals surface area contributed by atoms with Crippen LogP contribution in [-0.4, -0.2) is 49.2 Å². The molecule has 0 N–H and O–H groups in total. The Morgan fingerprint density at radius 1 is 1.25 bits per heavy atom. The Hall–Kier alpha value is -2.90. The molecule has 28 heavy (non-hydrogen) atoms. The molecule has 2 aliphatic rings. The van der Waals surface area contributed by atoms with Gasteiger partial charge in [-0.15, -0.1) is 0 Å². The molecular weight excluding hydrogens is 362 g/mol. The lowest BCUT2D eigenvalue weighted by molar-refractivity contribution is -0.141. The number of rotatable bonds is 6. The van der Waals surface area contributed by atoms with E-state index in [0.29, 0.717) is 12.0 Å². The summed E-state index contributed by atoms with van der Waals surface area (Å²) in [5.41, 5.74) is 1.45. The molecular formula is C20H23N3O5. The number of aromatic nitrogens is 2. The zero-order valence-electron chi connectivity index (χ0n) is 16.2. The normalized spacial score (nSPS) is 21.2. The Kier molecular flexibility index (Phi) is 4.78. The van der Waals surface area contributed by atoms with Gasteiger partial charge in [-0.2, -0.15) is 0 Å². The second-order valence-corrected chi connectivity index (χ2v) is 7.23. The van der Waals surface area contributed by atoms with Crippen LogP contribution in [0.3, 0.4) is 0 Å². The third-order valence-corrected chi connectivity index (χ3v) is 5.54. The van der Waals surface area contributed by atoms with Crippen LogP contribution in [0.4, 0.5) is 5.82 Å². The Labute approximate surface area is 162 Å². The summed E-state index contributed by atoms with van der Waals surface area (Å²) in [5.74, 6) is 0.483. The first-order valence-electron chi connectivity index (χ1n) is 9.42. The van der Waals surface area contributed by atoms with Crippen molar-refractivity contribution in [3.63, 3.8) is 0 Å². The number of hydrogen-bond donors (Lipinski definition) is 0. The Morgan fingerprint density at radius 3 is 2.64 bits per heavy atom. The predicted octanol–water partition coefficient (Wildman–Crippen LogP) is 2.18. The summed E-state index contributed by atoms with van der Waals surface area (Å²) in [7, 11) is 2.56. The van der Waals surface area contributed by atoms with Gasteiger partial charge in [-0.3, -0.25) is 4.79 Å². The highest BCUT2D eigenvalue weighted by Gasteiger charge is 2.45. The van der Waals surface area contributed by atoms with E-state index in [-0.39, 0.29) is 11.7 Å². The number of nitrogens with zero attached hydrogens (tertiary/aromatic N) is 3. The third kappa shape index (κ3) is 3.23. The van der Waals surface area contributed by atoms with Gasteiger partial charge in [-0.05, 0) is 36.3 Å². The minimum absolute atomic E-state index is 0.0645. The van der Waals surface area contributed by atoms with E-state index in [1.807, 2.05) is 19.1 Å². The van der Waals surface area contributed by atoms with Crippen molar-refractivity contribution in [3.05, 3.63) is 41.2 Å². The van der Waals surface area contributed by atoms with E-state index in [2.05, 4.69) is 14.6 Å². The summed E-state index contributed by atoms with van der Waals surface area (Å²) in [6.07, 6.45) is 3.22. The average Bonchev–Trinajstić information content (AvgIpc) is 3.10. The second kappa shape index (κ2) is 7.26. The number of fused-ring (bicyclic) bond motifs is 1. The molecule has 0 spiro atoms. The molecule has 1 aliphatic heterocycles. The number of carbonyl (C=O) groups excluding carboxylic acids is 2. The van der Waals surface area contributed by atoms with Gasteiger partial charge in [0.2, 0.25) is 11.7 Å². The number of hydrogen-bond acceptors (Lipinski definition) is 8. The van der Waals surface area contributed by atoms with Crippen LogP contribution in [0, 0.1) is 11.8 Å². The van der Waals surface area contributed by atoms with Gasteiger partial charge in [0.05, 0.1) is 20.4 Å². The van der Waals surface area contributed by atoms with Gasteiger partial charge in [0.15, 0.2) is 5.92 Å². The molecule has 0 amide bonds. The first kappa shape index (κ1) is 18.5. The lowest BCUT2D eigenvalue weighted by Gasteiger charge is -2.22. The number of methoxy groups -OCH3 is 2. The maximum atomic E-state index is 12.5. The van der Waals surface area contributed by atoms with Crippen molar-refractivity contribution in [2.75, 3.05) is 32.2 Å². The minimum Gasteiger partial charge on any atom is -0.468 e. The molecule has 4 rings (SSSR count). The fourth-order valence-electron chi connectivity index (χ4n) is 3.90. The molecule has 0 radical (unpaired) electrons. The quantitative estimate of drug-likeness (QED) is 0.699. The first-order valence-corrected chi connectivity index (χ1v) is 9.42. The van der Waals surface area contributed by atoms with Crippen molar-refractivity contribution >= 4 is 17.8 Å². The number of anilines is 1. The molecule has 1 saturated heterocycles. The predicted molar refractivity (Wildman–Crippen MR) is 99.1 cm³/mol. The fraction of sp³-hybridized carbons (Fsp3) is 0.500. The van der Waals surface area contributed by atoms with Crippen LogP contribution in [0.15, 0.2) is 22.7 Å². The van der Waals surface area contributed by atoms with E-state index < -0.39 is 17.9 Å². The number of piperidine rings is 1. The monoisotopic (exact) mass is 385 g/mol. The smallest absolute Gasteiger partial charge is 0.375 e. The van der Waals surface area contributed by atoms with E-state index in [0.717, 1.165) is 36.4 Å². The van der Waals surface area contributed by atoms with Crippen LogP contribution >= 0.6 is 0 Å². The number of aryl methyl sites for hydroxylation is 1. The molecule has 2 aromatic heterocycles. The molecule has 2 fully saturated rings. The van der Waals surface area contributed by atoms with Crippen molar-refractivity contribution in [2.45, 2.75) is 25.7 Å². The molecule has 3 atom stereocenters. The van der Waals surface area contributed by atoms with Crippen LogP contribution in [0.5, 0.6) is 0 Å². The summed E-state index contributed by atoms with van der Waals surface area (Å²) >= 11 is 0. The van der Waals surface area contributed by atoms with Gasteiger partial charge in [0, 0.05) is 18.8 Å². The van der Waals surface area contributed by atoms with Crippen LogP contribution in [0.25, 0.3) is 0 Å². The molecule has 1 aliphatic carbocycles. The number of esters is 2. The summed E-state index contributed by atoms with van der Waals surface area (Å²) < 4.78 is 15.1. The summed E-state index contributed by atoms with van der Waals surface area (Å²) in [6, 6.07) is 3.81. The SMILES string of the molecule is CCc1nc(N2CC3CC3C2)ccc1C(C(=O)OC)c1ncc(C(=O)OC)o1. The Bertz CT molecular complexity index is 899. The topological polar surface area (TPSA) is 94.8 Å². The van der Waals surface area contributed by atoms with Crippen LogP contribution in [0.1, 0.15) is 47.0 Å². The molecule has 3 heterocycles. The van der Waals surface area contributed by atoms with Crippen molar-refractivity contribution in [1.82, 2.24) is 9.97 Å². The maximum absolute atomic E-state index is 12.5. The number of oxazole rings is 1. The third-order valence-electron chi connectivity index (χ3n) is 5.54. The number of pyridine rings is 1. The Balaban J connectivity index is 1.68. The molecule has 3 unspecified atom stereocenters. The van der Waals surface area contributed by atoms with Crippen molar-refractivity contribution in [2.24, 2.45) is 11.8 Å². The van der Waals surface area contributed by atoms with Gasteiger partial charge in [-0.25, -0.2) is 14.8 Å². The van der Waals surface area contributed by atoms with E-state index in [9.17, 15) is 9.59 Å². The zero-order chi connectivity index (χ0) is 19.8. The lowest BCUT2D eigenvalue weighted by atomic mass is 9.96. The van der Waals surface area contributed by atoms with Crippen molar-refractivity contribution in [3.8, 4) is 0 Å². The second-order valence-electron chi connectivity index (χ2n) is 7.23. The fourth-order valence-corrected chi connectivity index (χ4v) is 3.90. The zero-order valence-corrected chi connectivity index (χ0v) is 16.2. The molecule has 0 aromatic carbocycles. The van der Waals surface area contributed by atoms with Crippen molar-refractivity contribution in [1.29, 1.82) is 0 Å². The van der Waals surface area contributed by atoms with Crippen molar-refractivity contribution < 1.29 is 23.5 Å². The maximum Gasteiger partial charge on any atom is 0.375 e. The number of ether oxygens (including phenoxy) is 2. The van der Waals surface area contributed by atoms with Crippen LogP contribution in [0.2, 0.25) is 0 Å². The minimum atomic E-state index is -0.896. The van der Waals surface area contributed by atoms with Gasteiger partial charge < -0.3 is 18.8 Å². The highest BCUT2D eigenvalue weighted by Crippen LogP contribution is 2.46. The molecule has 8 heteroatoms. The standard InChI is InChI=1S/C20H23N3O5/c1-4-14-13(5-6-16(22-14)23-9-11-7-12(11)10-23)17(20(25)27-3)18-21-8-15(28-18)19(24)26-2/h5-6,8,11-12,17H,4,7,9-10H2,1-3H3. The average molecular weight is 385 g/mol. The van der Waals surface area contributed by atoms with Crippen LogP contribution < -0.4 is 4.90 Å². The van der Waals surface area contributed by atoms with Gasteiger partial charge in [-0.1, -0.05) is 13.0 Å². The largest absolute Gasteiger partial charge is 0.468 e. The summed E-state index contributed by atoms with van der Waals surface area (Å²) in [5, 5.41) is 0. The highest BCUT2D eigenvalue weighted by molar-refractivity contribution is 5.86. The first-order chi connectivity index (χ1) is 13.5. The highest BCUT2D eigenvalue weighted by atomic mass is 16.5. The van der Waals surface area contributed by atoms with E-state index in [1.165, 1.54) is 26.8 Å². The van der Waals surface area contributed by atoms with Gasteiger partial charge >= 0.3 is 11.9 Å². The van der Waals surface area contributed by atoms with Crippen LogP contribution in [-0.2, 0) is 20.7 Å². The number of carbonyl (C=O) groups is 2. The van der Waals surface area contributed by atoms with E-state index in [4.69, 9.17) is 14.1 Å².